The van der Waals surface area contributed by atoms with Crippen LogP contribution in [0.1, 0.15) is 12.5 Å². The highest BCUT2D eigenvalue weighted by Gasteiger charge is 2.19. The van der Waals surface area contributed by atoms with Crippen molar-refractivity contribution in [2.45, 2.75) is 10.5 Å². The summed E-state index contributed by atoms with van der Waals surface area (Å²) < 4.78 is -0.472. The Morgan fingerprint density at radius 2 is 2.00 bits per heavy atom. The van der Waals surface area contributed by atoms with E-state index in [0.29, 0.717) is 10.0 Å². The van der Waals surface area contributed by atoms with Crippen molar-refractivity contribution in [2.75, 3.05) is 0 Å². The quantitative estimate of drug-likeness (QED) is 0.478. The van der Waals surface area contributed by atoms with E-state index in [9.17, 15) is 0 Å². The normalized spacial score (nSPS) is 15.8. The van der Waals surface area contributed by atoms with Crippen LogP contribution in [0.5, 0.6) is 0 Å². The van der Waals surface area contributed by atoms with Crippen LogP contribution in [0.4, 0.5) is 0 Å². The van der Waals surface area contributed by atoms with Crippen LogP contribution in [0, 0.1) is 0 Å². The highest BCUT2D eigenvalue weighted by atomic mass is 127. The highest BCUT2D eigenvalue weighted by Crippen LogP contribution is 2.32. The highest BCUT2D eigenvalue weighted by molar-refractivity contribution is 14.1. The van der Waals surface area contributed by atoms with E-state index in [2.05, 4.69) is 22.6 Å². The maximum Gasteiger partial charge on any atom is 0.0921 e. The third-order valence-corrected chi connectivity index (χ3v) is 2.60. The molecule has 0 bridgehead atoms. The summed E-state index contributed by atoms with van der Waals surface area (Å²) in [5, 5.41) is 1.31. The predicted octanol–water partition coefficient (Wildman–Crippen LogP) is 3.56. The van der Waals surface area contributed by atoms with E-state index < -0.39 is 3.55 Å². The number of benzene rings is 1. The molecule has 0 unspecified atom stereocenters. The minimum atomic E-state index is -0.472. The van der Waals surface area contributed by atoms with Crippen molar-refractivity contribution in [3.8, 4) is 0 Å². The van der Waals surface area contributed by atoms with Crippen molar-refractivity contribution in [3.63, 3.8) is 0 Å². The average molecular weight is 316 g/mol. The number of hydrogen-bond donors (Lipinski definition) is 1. The zero-order chi connectivity index (χ0) is 9.35. The number of nitrogens with two attached hydrogens (primary N) is 1. The molecule has 1 aromatic carbocycles. The zero-order valence-corrected chi connectivity index (χ0v) is 10.1. The van der Waals surface area contributed by atoms with Crippen LogP contribution in [-0.4, -0.2) is 0 Å². The second kappa shape index (κ2) is 3.70. The molecule has 0 spiro atoms. The summed E-state index contributed by atoms with van der Waals surface area (Å²) in [5.74, 6) is 0. The summed E-state index contributed by atoms with van der Waals surface area (Å²) in [6.45, 7) is 1.88. The lowest BCUT2D eigenvalue weighted by atomic mass is 10.1. The van der Waals surface area contributed by atoms with Gasteiger partial charge in [0.05, 0.1) is 3.55 Å². The Kier molecular flexibility index (Phi) is 3.26. The second-order valence-electron chi connectivity index (χ2n) is 2.70. The summed E-state index contributed by atoms with van der Waals surface area (Å²) in [5.41, 5.74) is 6.73. The van der Waals surface area contributed by atoms with Gasteiger partial charge in [-0.25, -0.2) is 0 Å². The average Bonchev–Trinajstić information content (AvgIpc) is 1.92. The fourth-order valence-electron chi connectivity index (χ4n) is 0.872. The van der Waals surface area contributed by atoms with Crippen molar-refractivity contribution in [2.24, 2.45) is 5.73 Å². The van der Waals surface area contributed by atoms with E-state index in [1.807, 2.05) is 6.92 Å². The Labute approximate surface area is 95.4 Å². The summed E-state index contributed by atoms with van der Waals surface area (Å²) in [4.78, 5) is 0. The largest absolute Gasteiger partial charge is 0.313 e. The number of alkyl halides is 1. The molecule has 0 amide bonds. The van der Waals surface area contributed by atoms with E-state index >= 15 is 0 Å². The number of rotatable bonds is 1. The van der Waals surface area contributed by atoms with Gasteiger partial charge >= 0.3 is 0 Å². The molecule has 4 heteroatoms. The molecule has 0 aliphatic rings. The summed E-state index contributed by atoms with van der Waals surface area (Å²) in [6.07, 6.45) is 0. The molecule has 0 aromatic heterocycles. The molecule has 1 aromatic rings. The van der Waals surface area contributed by atoms with Gasteiger partial charge in [-0.05, 0) is 25.1 Å². The summed E-state index contributed by atoms with van der Waals surface area (Å²) >= 11 is 13.9. The van der Waals surface area contributed by atoms with Gasteiger partial charge in [0.15, 0.2) is 0 Å². The first-order valence-corrected chi connectivity index (χ1v) is 5.18. The summed E-state index contributed by atoms with van der Waals surface area (Å²) in [6, 6.07) is 5.29. The first-order chi connectivity index (χ1) is 5.41. The molecule has 0 aliphatic carbocycles. The van der Waals surface area contributed by atoms with Crippen LogP contribution >= 0.6 is 45.8 Å². The van der Waals surface area contributed by atoms with E-state index in [-0.39, 0.29) is 0 Å². The van der Waals surface area contributed by atoms with Crippen LogP contribution < -0.4 is 5.73 Å². The molecule has 1 atom stereocenters. The third kappa shape index (κ3) is 2.49. The first kappa shape index (κ1) is 10.6. The number of halogens is 3. The molecule has 1 rings (SSSR count). The van der Waals surface area contributed by atoms with E-state index in [0.717, 1.165) is 5.56 Å². The second-order valence-corrected chi connectivity index (χ2v) is 5.78. The minimum absolute atomic E-state index is 0.472. The molecule has 0 fully saturated rings. The van der Waals surface area contributed by atoms with Gasteiger partial charge in [0.25, 0.3) is 0 Å². The first-order valence-electron chi connectivity index (χ1n) is 3.34. The maximum absolute atomic E-state index is 5.94. The third-order valence-electron chi connectivity index (χ3n) is 1.46. The SMILES string of the molecule is C[C@@](N)(I)c1cc(Cl)ccc1Cl. The van der Waals surface area contributed by atoms with Crippen molar-refractivity contribution in [3.05, 3.63) is 33.8 Å². The topological polar surface area (TPSA) is 26.0 Å². The molecule has 0 saturated heterocycles. The smallest absolute Gasteiger partial charge is 0.0921 e. The standard InChI is InChI=1S/C8H8Cl2IN/c1-8(11,12)6-4-5(9)2-3-7(6)10/h2-4H,12H2,1H3/t8-/m0/s1. The van der Waals surface area contributed by atoms with Gasteiger partial charge in [-0.2, -0.15) is 0 Å². The lowest BCUT2D eigenvalue weighted by Gasteiger charge is -2.18. The molecule has 0 heterocycles. The van der Waals surface area contributed by atoms with Crippen LogP contribution in [0.15, 0.2) is 18.2 Å². The minimum Gasteiger partial charge on any atom is -0.313 e. The number of hydrogen-bond acceptors (Lipinski definition) is 1. The van der Waals surface area contributed by atoms with E-state index in [1.54, 1.807) is 18.2 Å². The van der Waals surface area contributed by atoms with E-state index in [1.165, 1.54) is 0 Å². The van der Waals surface area contributed by atoms with Crippen molar-refractivity contribution < 1.29 is 0 Å². The lowest BCUT2D eigenvalue weighted by Crippen LogP contribution is -2.24. The van der Waals surface area contributed by atoms with Crippen LogP contribution in [0.25, 0.3) is 0 Å². The van der Waals surface area contributed by atoms with E-state index in [4.69, 9.17) is 28.9 Å². The molecule has 2 N–H and O–H groups in total. The fourth-order valence-corrected chi connectivity index (χ4v) is 1.96. The van der Waals surface area contributed by atoms with Crippen molar-refractivity contribution in [1.82, 2.24) is 0 Å². The molecule has 12 heavy (non-hydrogen) atoms. The van der Waals surface area contributed by atoms with Gasteiger partial charge in [0.2, 0.25) is 0 Å². The van der Waals surface area contributed by atoms with Gasteiger partial charge in [0, 0.05) is 15.6 Å². The monoisotopic (exact) mass is 315 g/mol. The Morgan fingerprint density at radius 1 is 1.42 bits per heavy atom. The molecule has 0 aliphatic heterocycles. The molecular formula is C8H8Cl2IN. The predicted molar refractivity (Wildman–Crippen MR) is 62.0 cm³/mol. The van der Waals surface area contributed by atoms with Crippen molar-refractivity contribution in [1.29, 1.82) is 0 Å². The lowest BCUT2D eigenvalue weighted by molar-refractivity contribution is 0.780. The molecule has 0 saturated carbocycles. The molecule has 0 radical (unpaired) electrons. The van der Waals surface area contributed by atoms with Gasteiger partial charge in [0.1, 0.15) is 0 Å². The zero-order valence-electron chi connectivity index (χ0n) is 6.44. The Morgan fingerprint density at radius 3 is 2.42 bits per heavy atom. The van der Waals surface area contributed by atoms with Crippen LogP contribution in [-0.2, 0) is 3.55 Å². The van der Waals surface area contributed by atoms with Crippen LogP contribution in [0.3, 0.4) is 0 Å². The Bertz CT molecular complexity index is 294. The molecular weight excluding hydrogens is 308 g/mol. The summed E-state index contributed by atoms with van der Waals surface area (Å²) in [7, 11) is 0. The molecule has 66 valence electrons. The van der Waals surface area contributed by atoms with Gasteiger partial charge in [-0.1, -0.05) is 45.8 Å². The van der Waals surface area contributed by atoms with Gasteiger partial charge in [-0.3, -0.25) is 0 Å². The maximum atomic E-state index is 5.94. The Hall–Kier alpha value is 0.490. The van der Waals surface area contributed by atoms with Gasteiger partial charge < -0.3 is 5.73 Å². The fraction of sp³-hybridized carbons (Fsp3) is 0.250. The Balaban J connectivity index is 3.23. The van der Waals surface area contributed by atoms with Crippen molar-refractivity contribution >= 4 is 45.8 Å². The van der Waals surface area contributed by atoms with Crippen LogP contribution in [0.2, 0.25) is 10.0 Å². The van der Waals surface area contributed by atoms with Gasteiger partial charge in [-0.15, -0.1) is 0 Å². The molecule has 1 nitrogen and oxygen atoms in total.